The van der Waals surface area contributed by atoms with E-state index in [1.165, 1.54) is 7.11 Å². The van der Waals surface area contributed by atoms with Gasteiger partial charge in [0.1, 0.15) is 12.4 Å². The number of hydrogen-bond donors (Lipinski definition) is 1. The SMILES string of the molecule is CCCOC(=O)CC/C(C)=C/Cc1c(NC(=O)C(Cl)(Cl)Cl)c2c(c(C)c1OC)COC2=O. The average molecular weight is 507 g/mol. The van der Waals surface area contributed by atoms with Gasteiger partial charge in [0.25, 0.3) is 9.70 Å². The second-order valence-electron chi connectivity index (χ2n) is 7.37. The van der Waals surface area contributed by atoms with E-state index in [-0.39, 0.29) is 30.2 Å². The van der Waals surface area contributed by atoms with Crippen LogP contribution in [0.2, 0.25) is 0 Å². The van der Waals surface area contributed by atoms with E-state index in [0.29, 0.717) is 36.3 Å². The fourth-order valence-electron chi connectivity index (χ4n) is 3.34. The summed E-state index contributed by atoms with van der Waals surface area (Å²) in [4.78, 5) is 36.6. The fraction of sp³-hybridized carbons (Fsp3) is 0.500. The van der Waals surface area contributed by atoms with Crippen LogP contribution in [0.5, 0.6) is 5.75 Å². The molecule has 0 bridgehead atoms. The van der Waals surface area contributed by atoms with Gasteiger partial charge in [-0.15, -0.1) is 0 Å². The maximum atomic E-state index is 12.4. The van der Waals surface area contributed by atoms with Crippen LogP contribution in [0.15, 0.2) is 11.6 Å². The van der Waals surface area contributed by atoms with Crippen molar-refractivity contribution in [2.75, 3.05) is 19.0 Å². The Labute approximate surface area is 202 Å². The van der Waals surface area contributed by atoms with E-state index in [4.69, 9.17) is 49.0 Å². The molecule has 1 aliphatic rings. The van der Waals surface area contributed by atoms with Crippen LogP contribution in [-0.2, 0) is 32.1 Å². The van der Waals surface area contributed by atoms with Gasteiger partial charge in [-0.05, 0) is 38.7 Å². The van der Waals surface area contributed by atoms with Crippen molar-refractivity contribution in [3.05, 3.63) is 33.9 Å². The summed E-state index contributed by atoms with van der Waals surface area (Å²) < 4.78 is 13.6. The molecule has 1 amide bonds. The third-order valence-electron chi connectivity index (χ3n) is 5.02. The molecule has 0 saturated carbocycles. The van der Waals surface area contributed by atoms with E-state index in [1.807, 2.05) is 26.8 Å². The highest BCUT2D eigenvalue weighted by atomic mass is 35.6. The molecule has 10 heteroatoms. The van der Waals surface area contributed by atoms with Gasteiger partial charge in [-0.25, -0.2) is 4.79 Å². The van der Waals surface area contributed by atoms with Crippen molar-refractivity contribution in [2.24, 2.45) is 0 Å². The van der Waals surface area contributed by atoms with Crippen LogP contribution in [0.25, 0.3) is 0 Å². The number of cyclic esters (lactones) is 1. The van der Waals surface area contributed by atoms with Gasteiger partial charge < -0.3 is 19.5 Å². The molecule has 1 heterocycles. The minimum absolute atomic E-state index is 0.0576. The van der Waals surface area contributed by atoms with Gasteiger partial charge in [-0.2, -0.15) is 0 Å². The van der Waals surface area contributed by atoms with Gasteiger partial charge in [0.2, 0.25) is 0 Å². The first-order chi connectivity index (χ1) is 15.0. The predicted molar refractivity (Wildman–Crippen MR) is 124 cm³/mol. The molecule has 0 aliphatic carbocycles. The summed E-state index contributed by atoms with van der Waals surface area (Å²) in [7, 11) is 1.50. The molecule has 1 aliphatic heterocycles. The highest BCUT2D eigenvalue weighted by molar-refractivity contribution is 6.76. The first kappa shape index (κ1) is 26.3. The van der Waals surface area contributed by atoms with Gasteiger partial charge in [0.05, 0.1) is 25.0 Å². The maximum Gasteiger partial charge on any atom is 0.341 e. The van der Waals surface area contributed by atoms with E-state index >= 15 is 0 Å². The Hall–Kier alpha value is -1.96. The van der Waals surface area contributed by atoms with Crippen molar-refractivity contribution in [2.45, 2.75) is 56.9 Å². The Morgan fingerprint density at radius 2 is 1.94 bits per heavy atom. The molecule has 0 unspecified atom stereocenters. The monoisotopic (exact) mass is 505 g/mol. The normalized spacial score (nSPS) is 13.5. The van der Waals surface area contributed by atoms with Crippen LogP contribution in [-0.4, -0.2) is 35.4 Å². The third kappa shape index (κ3) is 6.30. The molecule has 0 spiro atoms. The molecule has 32 heavy (non-hydrogen) atoms. The van der Waals surface area contributed by atoms with Crippen molar-refractivity contribution in [3.63, 3.8) is 0 Å². The summed E-state index contributed by atoms with van der Waals surface area (Å²) in [6, 6.07) is 0. The molecule has 176 valence electrons. The van der Waals surface area contributed by atoms with Gasteiger partial charge in [0.15, 0.2) is 0 Å². The van der Waals surface area contributed by atoms with Gasteiger partial charge >= 0.3 is 11.9 Å². The van der Waals surface area contributed by atoms with Crippen LogP contribution < -0.4 is 10.1 Å². The molecule has 0 radical (unpaired) electrons. The number of ether oxygens (including phenoxy) is 3. The van der Waals surface area contributed by atoms with Gasteiger partial charge in [0, 0.05) is 17.5 Å². The number of esters is 2. The summed E-state index contributed by atoms with van der Waals surface area (Å²) >= 11 is 17.2. The van der Waals surface area contributed by atoms with Crippen molar-refractivity contribution < 1.29 is 28.6 Å². The number of allylic oxidation sites excluding steroid dienone is 2. The van der Waals surface area contributed by atoms with Gasteiger partial charge in [-0.3, -0.25) is 9.59 Å². The van der Waals surface area contributed by atoms with E-state index < -0.39 is 15.7 Å². The number of carbonyl (C=O) groups excluding carboxylic acids is 3. The lowest BCUT2D eigenvalue weighted by atomic mass is 9.93. The number of halogens is 3. The number of amides is 1. The van der Waals surface area contributed by atoms with E-state index in [0.717, 1.165) is 17.6 Å². The lowest BCUT2D eigenvalue weighted by Crippen LogP contribution is -2.28. The van der Waals surface area contributed by atoms with Crippen LogP contribution in [0.3, 0.4) is 0 Å². The standard InChI is InChI=1S/C22H26Cl3NO6/c1-5-10-31-16(27)9-7-12(2)6-8-14-18(26-21(29)22(23,24)25)17-15(11-32-20(17)28)13(3)19(14)30-4/h6H,5,7-11H2,1-4H3,(H,26,29)/b12-6+. The quantitative estimate of drug-likeness (QED) is 0.281. The lowest BCUT2D eigenvalue weighted by Gasteiger charge is -2.21. The molecule has 1 aromatic rings. The Bertz CT molecular complexity index is 937. The zero-order valence-electron chi connectivity index (χ0n) is 18.4. The highest BCUT2D eigenvalue weighted by Gasteiger charge is 2.36. The van der Waals surface area contributed by atoms with Crippen molar-refractivity contribution in [3.8, 4) is 5.75 Å². The fourth-order valence-corrected chi connectivity index (χ4v) is 3.48. The van der Waals surface area contributed by atoms with Gasteiger partial charge in [-0.1, -0.05) is 53.4 Å². The molecule has 0 atom stereocenters. The smallest absolute Gasteiger partial charge is 0.341 e. The maximum absolute atomic E-state index is 12.4. The minimum Gasteiger partial charge on any atom is -0.496 e. The zero-order valence-corrected chi connectivity index (χ0v) is 20.7. The largest absolute Gasteiger partial charge is 0.496 e. The van der Waals surface area contributed by atoms with E-state index in [2.05, 4.69) is 5.32 Å². The number of rotatable bonds is 9. The Kier molecular flexibility index (Phi) is 9.25. The van der Waals surface area contributed by atoms with E-state index in [9.17, 15) is 14.4 Å². The van der Waals surface area contributed by atoms with Crippen LogP contribution >= 0.6 is 34.8 Å². The van der Waals surface area contributed by atoms with Crippen LogP contribution in [0.4, 0.5) is 5.69 Å². The summed E-state index contributed by atoms with van der Waals surface area (Å²) in [6.45, 7) is 6.08. The van der Waals surface area contributed by atoms with Crippen molar-refractivity contribution in [1.82, 2.24) is 0 Å². The van der Waals surface area contributed by atoms with Crippen LogP contribution in [0.1, 0.15) is 60.2 Å². The molecule has 0 saturated heterocycles. The second-order valence-corrected chi connectivity index (χ2v) is 9.65. The number of anilines is 1. The number of hydrogen-bond acceptors (Lipinski definition) is 6. The summed E-state index contributed by atoms with van der Waals surface area (Å²) in [6.07, 6.45) is 3.72. The summed E-state index contributed by atoms with van der Waals surface area (Å²) in [5, 5.41) is 2.56. The van der Waals surface area contributed by atoms with E-state index in [1.54, 1.807) is 0 Å². The average Bonchev–Trinajstić information content (AvgIpc) is 3.12. The molecule has 2 rings (SSSR count). The zero-order chi connectivity index (χ0) is 24.1. The summed E-state index contributed by atoms with van der Waals surface area (Å²) in [5.41, 5.74) is 3.21. The number of methoxy groups -OCH3 is 1. The predicted octanol–water partition coefficient (Wildman–Crippen LogP) is 5.20. The summed E-state index contributed by atoms with van der Waals surface area (Å²) in [5.74, 6) is -1.25. The third-order valence-corrected chi connectivity index (χ3v) is 5.53. The molecule has 0 aromatic heterocycles. The first-order valence-corrected chi connectivity index (χ1v) is 11.2. The Morgan fingerprint density at radius 3 is 2.53 bits per heavy atom. The molecule has 7 nitrogen and oxygen atoms in total. The lowest BCUT2D eigenvalue weighted by molar-refractivity contribution is -0.143. The number of benzene rings is 1. The molecule has 1 N–H and O–H groups in total. The number of nitrogens with one attached hydrogen (secondary N) is 1. The molecule has 1 aromatic carbocycles. The molecule has 0 fully saturated rings. The first-order valence-electron chi connectivity index (χ1n) is 10.1. The number of fused-ring (bicyclic) bond motifs is 1. The number of carbonyl (C=O) groups is 3. The van der Waals surface area contributed by atoms with Crippen molar-refractivity contribution in [1.29, 1.82) is 0 Å². The van der Waals surface area contributed by atoms with Crippen molar-refractivity contribution >= 4 is 58.3 Å². The number of alkyl halides is 3. The highest BCUT2D eigenvalue weighted by Crippen LogP contribution is 2.42. The minimum atomic E-state index is -2.23. The van der Waals surface area contributed by atoms with Crippen LogP contribution in [0, 0.1) is 6.92 Å². The second kappa shape index (κ2) is 11.3. The topological polar surface area (TPSA) is 90.9 Å². The molecular formula is C22H26Cl3NO6. The molecular weight excluding hydrogens is 481 g/mol. The Balaban J connectivity index is 2.41. The Morgan fingerprint density at radius 1 is 1.25 bits per heavy atom.